The highest BCUT2D eigenvalue weighted by molar-refractivity contribution is 8.00. The van der Waals surface area contributed by atoms with Crippen LogP contribution in [0.25, 0.3) is 0 Å². The molecule has 8 heteroatoms. The van der Waals surface area contributed by atoms with Crippen molar-refractivity contribution in [2.45, 2.75) is 36.3 Å². The maximum atomic E-state index is 13.8. The van der Waals surface area contributed by atoms with Crippen LogP contribution >= 0.6 is 23.1 Å². The molecule has 202 valence electrons. The van der Waals surface area contributed by atoms with E-state index in [1.165, 1.54) is 28.0 Å². The van der Waals surface area contributed by atoms with Crippen LogP contribution in [0, 0.1) is 17.2 Å². The van der Waals surface area contributed by atoms with Gasteiger partial charge < -0.3 is 15.4 Å². The Hall–Kier alpha value is -4.06. The number of nitrogens with zero attached hydrogens (tertiary/aromatic N) is 1. The number of carbonyl (C=O) groups excluding carboxylic acids is 2. The summed E-state index contributed by atoms with van der Waals surface area (Å²) in [7, 11) is 1.56. The van der Waals surface area contributed by atoms with Crippen LogP contribution in [-0.2, 0) is 17.6 Å². The average Bonchev–Trinajstić information content (AvgIpc) is 3.32. The van der Waals surface area contributed by atoms with E-state index in [1.54, 1.807) is 31.4 Å². The van der Waals surface area contributed by atoms with E-state index in [1.807, 2.05) is 54.6 Å². The van der Waals surface area contributed by atoms with Crippen LogP contribution < -0.4 is 15.4 Å². The first-order valence-corrected chi connectivity index (χ1v) is 14.8. The largest absolute Gasteiger partial charge is 0.497 e. The normalized spacial score (nSPS) is 14.9. The van der Waals surface area contributed by atoms with E-state index in [4.69, 9.17) is 4.74 Å². The number of nitriles is 1. The number of fused-ring (bicyclic) bond motifs is 1. The maximum absolute atomic E-state index is 13.8. The lowest BCUT2D eigenvalue weighted by Crippen LogP contribution is -2.19. The van der Waals surface area contributed by atoms with Gasteiger partial charge in [0.15, 0.2) is 0 Å². The van der Waals surface area contributed by atoms with Crippen molar-refractivity contribution in [2.24, 2.45) is 5.92 Å². The van der Waals surface area contributed by atoms with E-state index < -0.39 is 5.25 Å². The summed E-state index contributed by atoms with van der Waals surface area (Å²) in [6.45, 7) is 2.22. The van der Waals surface area contributed by atoms with Gasteiger partial charge in [-0.3, -0.25) is 9.59 Å². The molecule has 1 aliphatic rings. The first-order valence-electron chi connectivity index (χ1n) is 13.1. The second kappa shape index (κ2) is 12.4. The minimum absolute atomic E-state index is 0.190. The molecule has 3 aromatic carbocycles. The van der Waals surface area contributed by atoms with Gasteiger partial charge in [-0.25, -0.2) is 0 Å². The quantitative estimate of drug-likeness (QED) is 0.215. The number of anilines is 2. The highest BCUT2D eigenvalue weighted by Gasteiger charge is 2.28. The molecule has 0 spiro atoms. The van der Waals surface area contributed by atoms with Crippen molar-refractivity contribution in [2.75, 3.05) is 17.7 Å². The number of thiophene rings is 1. The molecule has 1 aromatic heterocycles. The molecule has 0 bridgehead atoms. The average molecular weight is 568 g/mol. The highest BCUT2D eigenvalue weighted by atomic mass is 32.2. The van der Waals surface area contributed by atoms with E-state index in [9.17, 15) is 14.9 Å². The van der Waals surface area contributed by atoms with E-state index in [2.05, 4.69) is 23.6 Å². The molecule has 0 aliphatic heterocycles. The Balaban J connectivity index is 1.37. The first-order chi connectivity index (χ1) is 19.4. The lowest BCUT2D eigenvalue weighted by Gasteiger charge is -2.17. The van der Waals surface area contributed by atoms with Gasteiger partial charge in [-0.15, -0.1) is 23.1 Å². The van der Waals surface area contributed by atoms with Crippen LogP contribution in [0.3, 0.4) is 0 Å². The second-order valence-electron chi connectivity index (χ2n) is 9.78. The predicted molar refractivity (Wildman–Crippen MR) is 161 cm³/mol. The number of carbonyl (C=O) groups is 2. The van der Waals surface area contributed by atoms with Gasteiger partial charge in [0, 0.05) is 21.0 Å². The number of nitrogens with one attached hydrogen (secondary N) is 2. The summed E-state index contributed by atoms with van der Waals surface area (Å²) in [5.74, 6) is 0.739. The van der Waals surface area contributed by atoms with Crippen LogP contribution in [-0.4, -0.2) is 18.9 Å². The summed E-state index contributed by atoms with van der Waals surface area (Å²) in [5, 5.41) is 16.0. The molecule has 2 N–H and O–H groups in total. The van der Waals surface area contributed by atoms with Gasteiger partial charge in [0.25, 0.3) is 5.91 Å². The van der Waals surface area contributed by atoms with Crippen LogP contribution in [0.4, 0.5) is 10.7 Å². The zero-order valence-electron chi connectivity index (χ0n) is 22.3. The fourth-order valence-electron chi connectivity index (χ4n) is 4.79. The predicted octanol–water partition coefficient (Wildman–Crippen LogP) is 7.48. The third kappa shape index (κ3) is 6.22. The van der Waals surface area contributed by atoms with E-state index in [0.717, 1.165) is 35.3 Å². The van der Waals surface area contributed by atoms with Gasteiger partial charge in [-0.1, -0.05) is 49.4 Å². The summed E-state index contributed by atoms with van der Waals surface area (Å²) in [5.41, 5.74) is 3.64. The van der Waals surface area contributed by atoms with Gasteiger partial charge >= 0.3 is 0 Å². The third-order valence-electron chi connectivity index (χ3n) is 6.88. The Morgan fingerprint density at radius 2 is 1.85 bits per heavy atom. The van der Waals surface area contributed by atoms with Crippen molar-refractivity contribution in [3.8, 4) is 11.8 Å². The zero-order chi connectivity index (χ0) is 28.1. The van der Waals surface area contributed by atoms with E-state index >= 15 is 0 Å². The van der Waals surface area contributed by atoms with Crippen LogP contribution in [0.5, 0.6) is 5.75 Å². The first kappa shape index (κ1) is 27.5. The molecule has 1 heterocycles. The van der Waals surface area contributed by atoms with Crippen LogP contribution in [0.15, 0.2) is 83.8 Å². The molecule has 4 aromatic rings. The Morgan fingerprint density at radius 1 is 1.05 bits per heavy atom. The number of hydrogen-bond acceptors (Lipinski definition) is 6. The van der Waals surface area contributed by atoms with Crippen molar-refractivity contribution in [3.63, 3.8) is 0 Å². The number of ether oxygens (including phenoxy) is 1. The fraction of sp³-hybridized carbons (Fsp3) is 0.219. The summed E-state index contributed by atoms with van der Waals surface area (Å²) < 4.78 is 5.23. The number of rotatable bonds is 8. The van der Waals surface area contributed by atoms with E-state index in [-0.39, 0.29) is 11.8 Å². The number of benzene rings is 3. The number of hydrogen-bond donors (Lipinski definition) is 2. The van der Waals surface area contributed by atoms with Crippen LogP contribution in [0.2, 0.25) is 0 Å². The second-order valence-corrected chi connectivity index (χ2v) is 12.1. The Labute approximate surface area is 242 Å². The molecule has 0 fully saturated rings. The SMILES string of the molecule is COc1cccc(C(=O)Nc2cccc(SC(C(=O)Nc3sc4c(c3C#N)CCC(C)C4)c3ccccc3)c2)c1. The van der Waals surface area contributed by atoms with Crippen LogP contribution in [0.1, 0.15) is 50.5 Å². The Kier molecular flexibility index (Phi) is 8.54. The molecule has 2 amide bonds. The molecule has 40 heavy (non-hydrogen) atoms. The van der Waals surface area contributed by atoms with Crippen molar-refractivity contribution in [1.82, 2.24) is 0 Å². The molecule has 5 rings (SSSR count). The molecule has 0 saturated heterocycles. The highest BCUT2D eigenvalue weighted by Crippen LogP contribution is 2.42. The summed E-state index contributed by atoms with van der Waals surface area (Å²) >= 11 is 2.93. The number of methoxy groups -OCH3 is 1. The molecule has 0 radical (unpaired) electrons. The number of thioether (sulfide) groups is 1. The zero-order valence-corrected chi connectivity index (χ0v) is 23.9. The van der Waals surface area contributed by atoms with Gasteiger partial charge in [-0.05, 0) is 72.7 Å². The Bertz CT molecular complexity index is 1580. The molecule has 2 atom stereocenters. The molecular formula is C32H29N3O3S2. The van der Waals surface area contributed by atoms with E-state index in [0.29, 0.717) is 33.5 Å². The summed E-state index contributed by atoms with van der Waals surface area (Å²) in [6, 6.07) is 26.3. The fourth-order valence-corrected chi connectivity index (χ4v) is 7.23. The molecule has 2 unspecified atom stereocenters. The summed E-state index contributed by atoms with van der Waals surface area (Å²) in [4.78, 5) is 28.6. The maximum Gasteiger partial charge on any atom is 0.255 e. The standard InChI is InChI=1S/C32H29N3O3S2/c1-20-14-15-26-27(19-33)32(40-28(26)16-20)35-31(37)29(21-8-4-3-5-9-21)39-25-13-7-11-23(18-25)34-30(36)22-10-6-12-24(17-22)38-2/h3-13,17-18,20,29H,14-16H2,1-2H3,(H,34,36)(H,35,37). The summed E-state index contributed by atoms with van der Waals surface area (Å²) in [6.07, 6.45) is 2.87. The lowest BCUT2D eigenvalue weighted by atomic mass is 9.88. The minimum atomic E-state index is -0.560. The molecular weight excluding hydrogens is 539 g/mol. The van der Waals surface area contributed by atoms with Crippen molar-refractivity contribution in [3.05, 3.63) is 106 Å². The topological polar surface area (TPSA) is 91.2 Å². The smallest absolute Gasteiger partial charge is 0.255 e. The Morgan fingerprint density at radius 3 is 2.62 bits per heavy atom. The van der Waals surface area contributed by atoms with Gasteiger partial charge in [0.2, 0.25) is 5.91 Å². The molecule has 0 saturated carbocycles. The van der Waals surface area contributed by atoms with Gasteiger partial charge in [-0.2, -0.15) is 5.26 Å². The van der Waals surface area contributed by atoms with Crippen molar-refractivity contribution >= 4 is 45.6 Å². The lowest BCUT2D eigenvalue weighted by molar-refractivity contribution is -0.115. The van der Waals surface area contributed by atoms with Crippen molar-refractivity contribution in [1.29, 1.82) is 5.26 Å². The minimum Gasteiger partial charge on any atom is -0.497 e. The van der Waals surface area contributed by atoms with Gasteiger partial charge in [0.1, 0.15) is 22.1 Å². The third-order valence-corrected chi connectivity index (χ3v) is 9.30. The molecule has 1 aliphatic carbocycles. The van der Waals surface area contributed by atoms with Crippen molar-refractivity contribution < 1.29 is 14.3 Å². The van der Waals surface area contributed by atoms with Gasteiger partial charge in [0.05, 0.1) is 12.7 Å². The monoisotopic (exact) mass is 567 g/mol. The number of amides is 2. The molecule has 6 nitrogen and oxygen atoms in total.